The van der Waals surface area contributed by atoms with Crippen molar-refractivity contribution >= 4 is 17.5 Å². The first-order chi connectivity index (χ1) is 13.0. The van der Waals surface area contributed by atoms with Crippen molar-refractivity contribution in [1.82, 2.24) is 4.90 Å². The fourth-order valence-corrected chi connectivity index (χ4v) is 4.03. The van der Waals surface area contributed by atoms with Gasteiger partial charge in [0, 0.05) is 24.1 Å². The number of anilines is 1. The first-order valence-corrected chi connectivity index (χ1v) is 9.85. The summed E-state index contributed by atoms with van der Waals surface area (Å²) in [4.78, 5) is 27.9. The molecule has 2 amide bonds. The zero-order valence-corrected chi connectivity index (χ0v) is 16.7. The third-order valence-electron chi connectivity index (χ3n) is 5.92. The van der Waals surface area contributed by atoms with Crippen LogP contribution in [-0.2, 0) is 4.79 Å². The average molecular weight is 374 g/mol. The van der Waals surface area contributed by atoms with Gasteiger partial charge in [-0.3, -0.25) is 9.59 Å². The van der Waals surface area contributed by atoms with Gasteiger partial charge in [0.05, 0.1) is 25.5 Å². The lowest BCUT2D eigenvalue weighted by atomic mass is 9.84. The molecular weight excluding hydrogens is 344 g/mol. The number of hydrogen-bond acceptors (Lipinski definition) is 4. The van der Waals surface area contributed by atoms with Crippen LogP contribution >= 0.6 is 0 Å². The van der Waals surface area contributed by atoms with Gasteiger partial charge in [-0.1, -0.05) is 6.42 Å². The van der Waals surface area contributed by atoms with Gasteiger partial charge in [-0.2, -0.15) is 0 Å². The smallest absolute Gasteiger partial charge is 0.256 e. The molecule has 2 atom stereocenters. The molecule has 1 aromatic rings. The molecular formula is C21H30N2O4. The number of nitrogens with one attached hydrogen (secondary N) is 1. The van der Waals surface area contributed by atoms with E-state index in [0.717, 1.165) is 38.5 Å². The van der Waals surface area contributed by atoms with Crippen molar-refractivity contribution in [3.63, 3.8) is 0 Å². The van der Waals surface area contributed by atoms with Gasteiger partial charge in [-0.25, -0.2) is 0 Å². The van der Waals surface area contributed by atoms with Crippen LogP contribution in [0.15, 0.2) is 12.1 Å². The van der Waals surface area contributed by atoms with E-state index in [2.05, 4.69) is 19.2 Å². The molecule has 6 heteroatoms. The van der Waals surface area contributed by atoms with Crippen LogP contribution < -0.4 is 14.8 Å². The number of nitrogens with zero attached hydrogens (tertiary/aromatic N) is 1. The normalized spacial score (nSPS) is 22.7. The summed E-state index contributed by atoms with van der Waals surface area (Å²) < 4.78 is 10.8. The van der Waals surface area contributed by atoms with E-state index in [0.29, 0.717) is 22.7 Å². The SMILES string of the molecule is COc1cc(NC(=O)C2CCC2)c(C(=O)N2C(C)CCCC2C)cc1OC. The first-order valence-electron chi connectivity index (χ1n) is 9.85. The summed E-state index contributed by atoms with van der Waals surface area (Å²) in [5.41, 5.74) is 0.959. The first kappa shape index (κ1) is 19.5. The Morgan fingerprint density at radius 2 is 1.52 bits per heavy atom. The molecule has 0 radical (unpaired) electrons. The largest absolute Gasteiger partial charge is 0.493 e. The van der Waals surface area contributed by atoms with E-state index in [1.54, 1.807) is 26.4 Å². The van der Waals surface area contributed by atoms with Gasteiger partial charge in [0.1, 0.15) is 0 Å². The second-order valence-electron chi connectivity index (χ2n) is 7.71. The Labute approximate surface area is 161 Å². The lowest BCUT2D eigenvalue weighted by molar-refractivity contribution is -0.122. The average Bonchev–Trinajstić information content (AvgIpc) is 2.59. The number of carbonyl (C=O) groups excluding carboxylic acids is 2. The van der Waals surface area contributed by atoms with Gasteiger partial charge in [0.2, 0.25) is 5.91 Å². The second-order valence-corrected chi connectivity index (χ2v) is 7.71. The summed E-state index contributed by atoms with van der Waals surface area (Å²) in [6, 6.07) is 3.72. The van der Waals surface area contributed by atoms with E-state index < -0.39 is 0 Å². The van der Waals surface area contributed by atoms with Crippen molar-refractivity contribution in [2.24, 2.45) is 5.92 Å². The highest BCUT2D eigenvalue weighted by molar-refractivity contribution is 6.05. The molecule has 1 heterocycles. The monoisotopic (exact) mass is 374 g/mol. The number of likely N-dealkylation sites (tertiary alicyclic amines) is 1. The predicted octanol–water partition coefficient (Wildman–Crippen LogP) is 3.85. The summed E-state index contributed by atoms with van der Waals surface area (Å²) >= 11 is 0. The lowest BCUT2D eigenvalue weighted by Gasteiger charge is -2.39. The van der Waals surface area contributed by atoms with Crippen LogP contribution in [0.3, 0.4) is 0 Å². The quantitative estimate of drug-likeness (QED) is 0.850. The highest BCUT2D eigenvalue weighted by Gasteiger charge is 2.33. The zero-order valence-electron chi connectivity index (χ0n) is 16.7. The molecule has 1 saturated heterocycles. The van der Waals surface area contributed by atoms with E-state index >= 15 is 0 Å². The number of ether oxygens (including phenoxy) is 2. The Bertz CT molecular complexity index is 704. The Balaban J connectivity index is 1.97. The Hall–Kier alpha value is -2.24. The van der Waals surface area contributed by atoms with Gasteiger partial charge in [-0.05, 0) is 52.0 Å². The summed E-state index contributed by atoms with van der Waals surface area (Å²) in [5, 5.41) is 2.97. The zero-order chi connectivity index (χ0) is 19.6. The van der Waals surface area contributed by atoms with Crippen LogP contribution in [0.1, 0.15) is 62.7 Å². The molecule has 3 rings (SSSR count). The van der Waals surface area contributed by atoms with Crippen LogP contribution in [0.4, 0.5) is 5.69 Å². The summed E-state index contributed by atoms with van der Waals surface area (Å²) in [6.07, 6.45) is 6.01. The number of methoxy groups -OCH3 is 2. The number of amides is 2. The van der Waals surface area contributed by atoms with Crippen molar-refractivity contribution in [2.75, 3.05) is 19.5 Å². The van der Waals surface area contributed by atoms with E-state index in [9.17, 15) is 9.59 Å². The molecule has 0 bridgehead atoms. The van der Waals surface area contributed by atoms with Gasteiger partial charge in [0.25, 0.3) is 5.91 Å². The van der Waals surface area contributed by atoms with Crippen LogP contribution in [0, 0.1) is 5.92 Å². The van der Waals surface area contributed by atoms with Crippen molar-refractivity contribution in [3.8, 4) is 11.5 Å². The lowest BCUT2D eigenvalue weighted by Crippen LogP contribution is -2.47. The molecule has 0 spiro atoms. The van der Waals surface area contributed by atoms with Crippen molar-refractivity contribution in [2.45, 2.75) is 64.5 Å². The third kappa shape index (κ3) is 3.89. The van der Waals surface area contributed by atoms with Crippen molar-refractivity contribution in [1.29, 1.82) is 0 Å². The van der Waals surface area contributed by atoms with Gasteiger partial charge < -0.3 is 19.7 Å². The van der Waals surface area contributed by atoms with Crippen LogP contribution in [0.25, 0.3) is 0 Å². The van der Waals surface area contributed by atoms with E-state index in [1.165, 1.54) is 0 Å². The number of hydrogen-bond donors (Lipinski definition) is 1. The molecule has 1 aliphatic carbocycles. The van der Waals surface area contributed by atoms with Crippen LogP contribution in [-0.4, -0.2) is 43.0 Å². The molecule has 27 heavy (non-hydrogen) atoms. The Morgan fingerprint density at radius 3 is 2.04 bits per heavy atom. The minimum Gasteiger partial charge on any atom is -0.493 e. The maximum atomic E-state index is 13.4. The minimum atomic E-state index is -0.0698. The number of benzene rings is 1. The fraction of sp³-hybridized carbons (Fsp3) is 0.619. The van der Waals surface area contributed by atoms with E-state index in [1.807, 2.05) is 4.90 Å². The molecule has 1 aromatic carbocycles. The molecule has 1 N–H and O–H groups in total. The number of rotatable bonds is 5. The Kier molecular flexibility index (Phi) is 5.92. The van der Waals surface area contributed by atoms with E-state index in [4.69, 9.17) is 9.47 Å². The van der Waals surface area contributed by atoms with Crippen molar-refractivity contribution in [3.05, 3.63) is 17.7 Å². The number of carbonyl (C=O) groups is 2. The second kappa shape index (κ2) is 8.19. The van der Waals surface area contributed by atoms with Crippen molar-refractivity contribution < 1.29 is 19.1 Å². The molecule has 0 aromatic heterocycles. The molecule has 6 nitrogen and oxygen atoms in total. The fourth-order valence-electron chi connectivity index (χ4n) is 4.03. The highest BCUT2D eigenvalue weighted by atomic mass is 16.5. The van der Waals surface area contributed by atoms with E-state index in [-0.39, 0.29) is 29.8 Å². The standard InChI is InChI=1S/C21H30N2O4/c1-13-7-5-8-14(2)23(13)21(25)16-11-18(26-3)19(27-4)12-17(16)22-20(24)15-9-6-10-15/h11-15H,5-10H2,1-4H3,(H,22,24). The summed E-state index contributed by atoms with van der Waals surface area (Å²) in [7, 11) is 3.09. The maximum absolute atomic E-state index is 13.4. The topological polar surface area (TPSA) is 67.9 Å². The molecule has 1 aliphatic heterocycles. The van der Waals surface area contributed by atoms with Gasteiger partial charge >= 0.3 is 0 Å². The third-order valence-corrected chi connectivity index (χ3v) is 5.92. The van der Waals surface area contributed by atoms with Crippen LogP contribution in [0.5, 0.6) is 11.5 Å². The minimum absolute atomic E-state index is 0.0257. The summed E-state index contributed by atoms with van der Waals surface area (Å²) in [5.74, 6) is 0.924. The molecule has 2 fully saturated rings. The molecule has 1 saturated carbocycles. The molecule has 2 unspecified atom stereocenters. The van der Waals surface area contributed by atoms with Gasteiger partial charge in [-0.15, -0.1) is 0 Å². The molecule has 2 aliphatic rings. The maximum Gasteiger partial charge on any atom is 0.256 e. The highest BCUT2D eigenvalue weighted by Crippen LogP contribution is 2.37. The Morgan fingerprint density at radius 1 is 0.963 bits per heavy atom. The van der Waals surface area contributed by atoms with Crippen LogP contribution in [0.2, 0.25) is 0 Å². The summed E-state index contributed by atoms with van der Waals surface area (Å²) in [6.45, 7) is 4.17. The predicted molar refractivity (Wildman–Crippen MR) is 104 cm³/mol. The number of piperidine rings is 1. The molecule has 148 valence electrons. The van der Waals surface area contributed by atoms with Gasteiger partial charge in [0.15, 0.2) is 11.5 Å².